The number of rotatable bonds is 4. The van der Waals surface area contributed by atoms with Crippen LogP contribution in [0.4, 0.5) is 14.9 Å². The van der Waals surface area contributed by atoms with Gasteiger partial charge in [0.05, 0.1) is 5.69 Å². The highest BCUT2D eigenvalue weighted by atomic mass is 19.1. The number of halogens is 1. The summed E-state index contributed by atoms with van der Waals surface area (Å²) in [5.41, 5.74) is 1.11. The highest BCUT2D eigenvalue weighted by Crippen LogP contribution is 2.20. The molecule has 1 fully saturated rings. The van der Waals surface area contributed by atoms with Gasteiger partial charge < -0.3 is 15.5 Å². The van der Waals surface area contributed by atoms with Crippen molar-refractivity contribution in [1.82, 2.24) is 10.2 Å². The molecule has 0 spiro atoms. The number of para-hydroxylation sites is 1. The third kappa shape index (κ3) is 4.15. The summed E-state index contributed by atoms with van der Waals surface area (Å²) in [7, 11) is 0. The molecule has 3 amide bonds. The molecule has 3 rings (SSSR count). The Bertz CT molecular complexity index is 751. The van der Waals surface area contributed by atoms with Gasteiger partial charge in [-0.1, -0.05) is 42.5 Å². The molecule has 1 aliphatic heterocycles. The van der Waals surface area contributed by atoms with Gasteiger partial charge in [-0.25, -0.2) is 9.18 Å². The van der Waals surface area contributed by atoms with Crippen LogP contribution < -0.4 is 10.6 Å². The lowest BCUT2D eigenvalue weighted by Gasteiger charge is -2.24. The predicted octanol–water partition coefficient (Wildman–Crippen LogP) is 3.14. The number of carbonyl (C=O) groups excluding carboxylic acids is 2. The largest absolute Gasteiger partial charge is 0.350 e. The molecule has 2 N–H and O–H groups in total. The van der Waals surface area contributed by atoms with E-state index < -0.39 is 17.9 Å². The average Bonchev–Trinajstić information content (AvgIpc) is 3.12. The minimum atomic E-state index is -0.532. The van der Waals surface area contributed by atoms with Crippen LogP contribution in [0.2, 0.25) is 0 Å². The van der Waals surface area contributed by atoms with E-state index in [1.54, 1.807) is 12.1 Å². The molecule has 0 saturated carbocycles. The van der Waals surface area contributed by atoms with Crippen LogP contribution in [0.3, 0.4) is 0 Å². The van der Waals surface area contributed by atoms with Crippen LogP contribution in [-0.4, -0.2) is 29.4 Å². The molecule has 130 valence electrons. The maximum atomic E-state index is 13.7. The highest BCUT2D eigenvalue weighted by molar-refractivity contribution is 5.94. The molecule has 0 radical (unpaired) electrons. The molecule has 2 aromatic carbocycles. The number of likely N-dealkylation sites (tertiary alicyclic amines) is 1. The van der Waals surface area contributed by atoms with E-state index in [1.807, 2.05) is 30.3 Å². The second kappa shape index (κ2) is 7.79. The Morgan fingerprint density at radius 2 is 1.80 bits per heavy atom. The van der Waals surface area contributed by atoms with Crippen molar-refractivity contribution in [2.75, 3.05) is 11.9 Å². The van der Waals surface area contributed by atoms with Gasteiger partial charge in [-0.3, -0.25) is 4.79 Å². The van der Waals surface area contributed by atoms with Gasteiger partial charge in [-0.2, -0.15) is 0 Å². The number of nitrogens with one attached hydrogen (secondary N) is 2. The van der Waals surface area contributed by atoms with Crippen LogP contribution in [0.5, 0.6) is 0 Å². The van der Waals surface area contributed by atoms with Crippen LogP contribution in [0.1, 0.15) is 18.4 Å². The SMILES string of the molecule is O=C(NCc1ccccc1)C1CCCN1C(=O)Nc1ccccc1F. The number of amides is 3. The number of nitrogens with zero attached hydrogens (tertiary/aromatic N) is 1. The lowest BCUT2D eigenvalue weighted by atomic mass is 10.2. The molecule has 1 unspecified atom stereocenters. The molecule has 5 nitrogen and oxygen atoms in total. The molecule has 25 heavy (non-hydrogen) atoms. The fourth-order valence-corrected chi connectivity index (χ4v) is 2.93. The zero-order chi connectivity index (χ0) is 17.6. The molecule has 6 heteroatoms. The van der Waals surface area contributed by atoms with Gasteiger partial charge in [0.2, 0.25) is 5.91 Å². The fraction of sp³-hybridized carbons (Fsp3) is 0.263. The minimum Gasteiger partial charge on any atom is -0.350 e. The molecule has 0 aliphatic carbocycles. The number of urea groups is 1. The molecule has 2 aromatic rings. The van der Waals surface area contributed by atoms with Crippen LogP contribution >= 0.6 is 0 Å². The molecule has 1 heterocycles. The van der Waals surface area contributed by atoms with E-state index in [-0.39, 0.29) is 11.6 Å². The van der Waals surface area contributed by atoms with E-state index in [0.717, 1.165) is 12.0 Å². The standard InChI is InChI=1S/C19H20FN3O2/c20-15-9-4-5-10-16(15)22-19(25)23-12-6-11-17(23)18(24)21-13-14-7-2-1-3-8-14/h1-5,7-10,17H,6,11-13H2,(H,21,24)(H,22,25). The van der Waals surface area contributed by atoms with Crippen molar-refractivity contribution in [1.29, 1.82) is 0 Å². The summed E-state index contributed by atoms with van der Waals surface area (Å²) in [6.07, 6.45) is 1.35. The van der Waals surface area contributed by atoms with Crippen molar-refractivity contribution in [3.63, 3.8) is 0 Å². The monoisotopic (exact) mass is 341 g/mol. The van der Waals surface area contributed by atoms with Gasteiger partial charge in [0.1, 0.15) is 11.9 Å². The van der Waals surface area contributed by atoms with Crippen molar-refractivity contribution < 1.29 is 14.0 Å². The minimum absolute atomic E-state index is 0.114. The van der Waals surface area contributed by atoms with E-state index in [4.69, 9.17) is 0 Å². The molecule has 0 bridgehead atoms. The van der Waals surface area contributed by atoms with Crippen molar-refractivity contribution in [2.24, 2.45) is 0 Å². The van der Waals surface area contributed by atoms with E-state index in [0.29, 0.717) is 19.5 Å². The zero-order valence-corrected chi connectivity index (χ0v) is 13.7. The number of hydrogen-bond acceptors (Lipinski definition) is 2. The average molecular weight is 341 g/mol. The molecule has 1 aliphatic rings. The molecular weight excluding hydrogens is 321 g/mol. The van der Waals surface area contributed by atoms with Crippen LogP contribution in [0.25, 0.3) is 0 Å². The second-order valence-corrected chi connectivity index (χ2v) is 5.96. The van der Waals surface area contributed by atoms with Gasteiger partial charge in [0.25, 0.3) is 0 Å². The van der Waals surface area contributed by atoms with Crippen molar-refractivity contribution in [2.45, 2.75) is 25.4 Å². The van der Waals surface area contributed by atoms with Crippen molar-refractivity contribution >= 4 is 17.6 Å². The molecule has 1 atom stereocenters. The molecule has 0 aromatic heterocycles. The Morgan fingerprint density at radius 1 is 1.08 bits per heavy atom. The normalized spacial score (nSPS) is 16.5. The third-order valence-corrected chi connectivity index (χ3v) is 4.24. The summed E-state index contributed by atoms with van der Waals surface area (Å²) in [5.74, 6) is -0.690. The van der Waals surface area contributed by atoms with E-state index in [9.17, 15) is 14.0 Å². The Kier molecular flexibility index (Phi) is 5.28. The predicted molar refractivity (Wildman–Crippen MR) is 93.4 cm³/mol. The zero-order valence-electron chi connectivity index (χ0n) is 13.7. The lowest BCUT2D eigenvalue weighted by Crippen LogP contribution is -2.47. The van der Waals surface area contributed by atoms with Crippen molar-refractivity contribution in [3.05, 3.63) is 66.0 Å². The maximum absolute atomic E-state index is 13.7. The van der Waals surface area contributed by atoms with Gasteiger partial charge in [0, 0.05) is 13.1 Å². The Labute approximate surface area is 145 Å². The van der Waals surface area contributed by atoms with Gasteiger partial charge in [0.15, 0.2) is 0 Å². The Morgan fingerprint density at radius 3 is 2.56 bits per heavy atom. The Balaban J connectivity index is 1.60. The summed E-state index contributed by atoms with van der Waals surface area (Å²) in [5, 5.41) is 5.41. The van der Waals surface area contributed by atoms with Gasteiger partial charge in [-0.05, 0) is 30.5 Å². The third-order valence-electron chi connectivity index (χ3n) is 4.24. The first-order chi connectivity index (χ1) is 12.1. The van der Waals surface area contributed by atoms with Crippen LogP contribution in [0.15, 0.2) is 54.6 Å². The van der Waals surface area contributed by atoms with E-state index in [1.165, 1.54) is 17.0 Å². The summed E-state index contributed by atoms with van der Waals surface area (Å²) < 4.78 is 13.7. The summed E-state index contributed by atoms with van der Waals surface area (Å²) in [6, 6.07) is 14.6. The van der Waals surface area contributed by atoms with E-state index >= 15 is 0 Å². The van der Waals surface area contributed by atoms with E-state index in [2.05, 4.69) is 10.6 Å². The first-order valence-corrected chi connectivity index (χ1v) is 8.29. The second-order valence-electron chi connectivity index (χ2n) is 5.96. The summed E-state index contributed by atoms with van der Waals surface area (Å²) in [6.45, 7) is 0.892. The van der Waals surface area contributed by atoms with Gasteiger partial charge in [-0.15, -0.1) is 0 Å². The number of carbonyl (C=O) groups is 2. The van der Waals surface area contributed by atoms with Crippen LogP contribution in [0, 0.1) is 5.82 Å². The maximum Gasteiger partial charge on any atom is 0.322 e. The molecule has 1 saturated heterocycles. The van der Waals surface area contributed by atoms with Crippen LogP contribution in [-0.2, 0) is 11.3 Å². The number of hydrogen-bond donors (Lipinski definition) is 2. The van der Waals surface area contributed by atoms with Gasteiger partial charge >= 0.3 is 6.03 Å². The topological polar surface area (TPSA) is 61.4 Å². The Hall–Kier alpha value is -2.89. The smallest absolute Gasteiger partial charge is 0.322 e. The summed E-state index contributed by atoms with van der Waals surface area (Å²) in [4.78, 5) is 26.3. The first-order valence-electron chi connectivity index (χ1n) is 8.29. The van der Waals surface area contributed by atoms with Crippen molar-refractivity contribution in [3.8, 4) is 0 Å². The fourth-order valence-electron chi connectivity index (χ4n) is 2.93. The lowest BCUT2D eigenvalue weighted by molar-refractivity contribution is -0.124. The summed E-state index contributed by atoms with van der Waals surface area (Å²) >= 11 is 0. The number of benzene rings is 2. The number of anilines is 1. The quantitative estimate of drug-likeness (QED) is 0.897. The molecular formula is C19H20FN3O2. The first kappa shape index (κ1) is 17.0. The highest BCUT2D eigenvalue weighted by Gasteiger charge is 2.34.